The second-order valence-corrected chi connectivity index (χ2v) is 7.77. The number of hydrogen-bond acceptors (Lipinski definition) is 6. The summed E-state index contributed by atoms with van der Waals surface area (Å²) >= 11 is 0. The number of carbonyl (C=O) groups excluding carboxylic acids is 2. The van der Waals surface area contributed by atoms with Crippen LogP contribution in [0.1, 0.15) is 39.2 Å². The van der Waals surface area contributed by atoms with E-state index in [9.17, 15) is 24.1 Å². The molecule has 0 fully saturated rings. The number of nitrogens with one attached hydrogen (secondary N) is 1. The zero-order chi connectivity index (χ0) is 25.3. The highest BCUT2D eigenvalue weighted by atomic mass is 19.1. The number of nitro groups is 1. The van der Waals surface area contributed by atoms with E-state index < -0.39 is 29.3 Å². The van der Waals surface area contributed by atoms with E-state index in [0.29, 0.717) is 12.0 Å². The minimum atomic E-state index is -0.762. The molecule has 0 unspecified atom stereocenters. The van der Waals surface area contributed by atoms with Gasteiger partial charge in [-0.2, -0.15) is 0 Å². The average Bonchev–Trinajstić information content (AvgIpc) is 2.83. The molecule has 2 aromatic rings. The van der Waals surface area contributed by atoms with Crippen LogP contribution in [-0.2, 0) is 16.1 Å². The van der Waals surface area contributed by atoms with Gasteiger partial charge >= 0.3 is 5.69 Å². The molecule has 0 aliphatic rings. The number of nitro benzene ring substituents is 1. The first-order chi connectivity index (χ1) is 16.2. The average molecular weight is 476 g/mol. The number of benzene rings is 2. The van der Waals surface area contributed by atoms with Crippen LogP contribution in [0.3, 0.4) is 0 Å². The van der Waals surface area contributed by atoms with E-state index >= 15 is 0 Å². The summed E-state index contributed by atoms with van der Waals surface area (Å²) < 4.78 is 23.9. The van der Waals surface area contributed by atoms with E-state index in [-0.39, 0.29) is 35.7 Å². The number of methoxy groups -OCH3 is 1. The van der Waals surface area contributed by atoms with Gasteiger partial charge in [-0.15, -0.1) is 0 Å². The Labute approximate surface area is 198 Å². The number of rotatable bonds is 12. The molecule has 34 heavy (non-hydrogen) atoms. The van der Waals surface area contributed by atoms with E-state index in [1.165, 1.54) is 42.3 Å². The fraction of sp³-hybridized carbons (Fsp3) is 0.417. The van der Waals surface area contributed by atoms with Crippen molar-refractivity contribution in [2.45, 2.75) is 52.2 Å². The standard InChI is InChI=1S/C24H30FN3O6/c1-5-16(3)26-24(30)20(6-2)27(14-17-7-9-18(25)10-8-17)23(29)15-34-19-11-12-21(28(31)32)22(13-19)33-4/h7-13,16,20H,5-6,14-15H2,1-4H3,(H,26,30)/t16-,20-/m1/s1. The topological polar surface area (TPSA) is 111 Å². The summed E-state index contributed by atoms with van der Waals surface area (Å²) in [4.78, 5) is 38.0. The molecule has 0 aromatic heterocycles. The Balaban J connectivity index is 2.24. The van der Waals surface area contributed by atoms with Crippen molar-refractivity contribution in [1.82, 2.24) is 10.2 Å². The maximum absolute atomic E-state index is 13.3. The van der Waals surface area contributed by atoms with Crippen LogP contribution in [0.25, 0.3) is 0 Å². The molecule has 0 aliphatic carbocycles. The third kappa shape index (κ3) is 7.16. The van der Waals surface area contributed by atoms with Gasteiger partial charge in [0.25, 0.3) is 5.91 Å². The van der Waals surface area contributed by atoms with Gasteiger partial charge in [-0.1, -0.05) is 26.0 Å². The van der Waals surface area contributed by atoms with Gasteiger partial charge in [-0.05, 0) is 43.5 Å². The van der Waals surface area contributed by atoms with Crippen LogP contribution in [0, 0.1) is 15.9 Å². The van der Waals surface area contributed by atoms with Crippen LogP contribution in [0.5, 0.6) is 11.5 Å². The Hall–Kier alpha value is -3.69. The minimum Gasteiger partial charge on any atom is -0.490 e. The molecule has 2 atom stereocenters. The Kier molecular flexibility index (Phi) is 9.78. The van der Waals surface area contributed by atoms with E-state index in [1.807, 2.05) is 13.8 Å². The normalized spacial score (nSPS) is 12.4. The van der Waals surface area contributed by atoms with Crippen LogP contribution in [0.4, 0.5) is 10.1 Å². The Bertz CT molecular complexity index is 999. The first kappa shape index (κ1) is 26.6. The van der Waals surface area contributed by atoms with Crippen LogP contribution < -0.4 is 14.8 Å². The fourth-order valence-corrected chi connectivity index (χ4v) is 3.27. The van der Waals surface area contributed by atoms with Gasteiger partial charge in [0.15, 0.2) is 6.61 Å². The summed E-state index contributed by atoms with van der Waals surface area (Å²) in [6, 6.07) is 8.77. The number of amides is 2. The number of ether oxygens (including phenoxy) is 2. The smallest absolute Gasteiger partial charge is 0.311 e. The summed E-state index contributed by atoms with van der Waals surface area (Å²) in [6.07, 6.45) is 1.10. The fourth-order valence-electron chi connectivity index (χ4n) is 3.27. The van der Waals surface area contributed by atoms with Crippen molar-refractivity contribution in [3.63, 3.8) is 0 Å². The van der Waals surface area contributed by atoms with Gasteiger partial charge in [0.05, 0.1) is 12.0 Å². The summed E-state index contributed by atoms with van der Waals surface area (Å²) in [6.45, 7) is 5.29. The summed E-state index contributed by atoms with van der Waals surface area (Å²) in [7, 11) is 1.30. The van der Waals surface area contributed by atoms with E-state index in [0.717, 1.165) is 6.42 Å². The summed E-state index contributed by atoms with van der Waals surface area (Å²) in [5, 5.41) is 14.0. The molecule has 2 aromatic carbocycles. The van der Waals surface area contributed by atoms with E-state index in [1.54, 1.807) is 19.1 Å². The molecule has 2 amide bonds. The molecule has 0 radical (unpaired) electrons. The van der Waals surface area contributed by atoms with Crippen molar-refractivity contribution < 1.29 is 28.4 Å². The number of halogens is 1. The van der Waals surface area contributed by atoms with Crippen molar-refractivity contribution in [1.29, 1.82) is 0 Å². The monoisotopic (exact) mass is 475 g/mol. The number of nitrogens with zero attached hydrogens (tertiary/aromatic N) is 2. The van der Waals surface area contributed by atoms with E-state index in [4.69, 9.17) is 9.47 Å². The lowest BCUT2D eigenvalue weighted by Gasteiger charge is -2.31. The highest BCUT2D eigenvalue weighted by Crippen LogP contribution is 2.30. The summed E-state index contributed by atoms with van der Waals surface area (Å²) in [5.41, 5.74) is 0.424. The second kappa shape index (κ2) is 12.5. The van der Waals surface area contributed by atoms with Crippen molar-refractivity contribution in [3.8, 4) is 11.5 Å². The van der Waals surface area contributed by atoms with Crippen molar-refractivity contribution >= 4 is 17.5 Å². The lowest BCUT2D eigenvalue weighted by atomic mass is 10.1. The van der Waals surface area contributed by atoms with Crippen LogP contribution >= 0.6 is 0 Å². The molecule has 184 valence electrons. The number of carbonyl (C=O) groups is 2. The highest BCUT2D eigenvalue weighted by Gasteiger charge is 2.29. The molecular weight excluding hydrogens is 445 g/mol. The largest absolute Gasteiger partial charge is 0.490 e. The quantitative estimate of drug-likeness (QED) is 0.369. The molecule has 0 spiro atoms. The second-order valence-electron chi connectivity index (χ2n) is 7.77. The van der Waals surface area contributed by atoms with Gasteiger partial charge in [0.1, 0.15) is 17.6 Å². The Morgan fingerprint density at radius 1 is 1.15 bits per heavy atom. The summed E-state index contributed by atoms with van der Waals surface area (Å²) in [5.74, 6) is -0.956. The van der Waals surface area contributed by atoms with Crippen molar-refractivity contribution in [3.05, 3.63) is 64.0 Å². The van der Waals surface area contributed by atoms with Crippen LogP contribution in [0.15, 0.2) is 42.5 Å². The lowest BCUT2D eigenvalue weighted by molar-refractivity contribution is -0.385. The molecular formula is C24H30FN3O6. The van der Waals surface area contributed by atoms with Gasteiger partial charge in [0, 0.05) is 24.7 Å². The molecule has 10 heteroatoms. The van der Waals surface area contributed by atoms with Gasteiger partial charge in [-0.3, -0.25) is 19.7 Å². The van der Waals surface area contributed by atoms with Gasteiger partial charge in [0.2, 0.25) is 11.7 Å². The SMILES string of the molecule is CC[C@@H](C)NC(=O)[C@@H](CC)N(Cc1ccc(F)cc1)C(=O)COc1ccc([N+](=O)[O-])c(OC)c1. The highest BCUT2D eigenvalue weighted by molar-refractivity contribution is 5.88. The molecule has 1 N–H and O–H groups in total. The first-order valence-electron chi connectivity index (χ1n) is 11.0. The van der Waals surface area contributed by atoms with Gasteiger partial charge in [-0.25, -0.2) is 4.39 Å². The third-order valence-electron chi connectivity index (χ3n) is 5.36. The van der Waals surface area contributed by atoms with Crippen molar-refractivity contribution in [2.75, 3.05) is 13.7 Å². The molecule has 9 nitrogen and oxygen atoms in total. The Morgan fingerprint density at radius 3 is 2.38 bits per heavy atom. The zero-order valence-corrected chi connectivity index (χ0v) is 19.7. The maximum Gasteiger partial charge on any atom is 0.311 e. The van der Waals surface area contributed by atoms with Crippen molar-refractivity contribution in [2.24, 2.45) is 0 Å². The number of hydrogen-bond donors (Lipinski definition) is 1. The Morgan fingerprint density at radius 2 is 1.82 bits per heavy atom. The first-order valence-corrected chi connectivity index (χ1v) is 11.0. The van der Waals surface area contributed by atoms with E-state index in [2.05, 4.69) is 5.32 Å². The van der Waals surface area contributed by atoms with Gasteiger partial charge < -0.3 is 19.7 Å². The predicted octanol–water partition coefficient (Wildman–Crippen LogP) is 3.84. The molecule has 0 aliphatic heterocycles. The lowest BCUT2D eigenvalue weighted by Crippen LogP contribution is -2.51. The maximum atomic E-state index is 13.3. The van der Waals surface area contributed by atoms with Crippen LogP contribution in [0.2, 0.25) is 0 Å². The zero-order valence-electron chi connectivity index (χ0n) is 19.7. The molecule has 2 rings (SSSR count). The van der Waals surface area contributed by atoms with Crippen LogP contribution in [-0.4, -0.2) is 47.4 Å². The molecule has 0 heterocycles. The molecule has 0 saturated heterocycles. The molecule has 0 saturated carbocycles. The predicted molar refractivity (Wildman–Crippen MR) is 124 cm³/mol. The molecule has 0 bridgehead atoms. The third-order valence-corrected chi connectivity index (χ3v) is 5.36. The minimum absolute atomic E-state index is 0.00233.